The van der Waals surface area contributed by atoms with Gasteiger partial charge >= 0.3 is 0 Å². The lowest BCUT2D eigenvalue weighted by molar-refractivity contribution is 0.00357. The van der Waals surface area contributed by atoms with Crippen molar-refractivity contribution < 1.29 is 0 Å². The monoisotopic (exact) mass is 251 g/mol. The highest BCUT2D eigenvalue weighted by atomic mass is 32.1. The summed E-state index contributed by atoms with van der Waals surface area (Å²) in [6, 6.07) is 3.66. The Kier molecular flexibility index (Phi) is 3.47. The minimum Gasteiger partial charge on any atom is -0.314 e. The van der Waals surface area contributed by atoms with Gasteiger partial charge in [-0.25, -0.2) is 0 Å². The molecule has 2 fully saturated rings. The van der Waals surface area contributed by atoms with Gasteiger partial charge in [-0.2, -0.15) is 11.3 Å². The predicted molar refractivity (Wildman–Crippen MR) is 72.5 cm³/mol. The molecule has 1 N–H and O–H groups in total. The largest absolute Gasteiger partial charge is 0.314 e. The molecule has 0 bridgehead atoms. The van der Waals surface area contributed by atoms with Crippen LogP contribution in [0.25, 0.3) is 0 Å². The van der Waals surface area contributed by atoms with Crippen molar-refractivity contribution in [2.75, 3.05) is 39.3 Å². The van der Waals surface area contributed by atoms with Gasteiger partial charge in [0.2, 0.25) is 0 Å². The van der Waals surface area contributed by atoms with Crippen molar-refractivity contribution in [2.45, 2.75) is 19.0 Å². The van der Waals surface area contributed by atoms with Gasteiger partial charge in [0.05, 0.1) is 0 Å². The van der Waals surface area contributed by atoms with Crippen LogP contribution in [0, 0.1) is 0 Å². The molecule has 1 aromatic heterocycles. The first-order valence-corrected chi connectivity index (χ1v) is 7.50. The van der Waals surface area contributed by atoms with Gasteiger partial charge in [-0.15, -0.1) is 0 Å². The van der Waals surface area contributed by atoms with Crippen LogP contribution in [0.3, 0.4) is 0 Å². The number of likely N-dealkylation sites (tertiary alicyclic amines) is 1. The molecule has 0 aromatic carbocycles. The number of hydrogen-bond acceptors (Lipinski definition) is 4. The quantitative estimate of drug-likeness (QED) is 0.876. The molecule has 4 heteroatoms. The van der Waals surface area contributed by atoms with Crippen molar-refractivity contribution in [1.29, 1.82) is 0 Å². The van der Waals surface area contributed by atoms with Crippen LogP contribution >= 0.6 is 11.3 Å². The van der Waals surface area contributed by atoms with E-state index in [0.717, 1.165) is 19.1 Å². The molecule has 1 aromatic rings. The van der Waals surface area contributed by atoms with E-state index in [1.54, 1.807) is 11.3 Å². The summed E-state index contributed by atoms with van der Waals surface area (Å²) in [6.45, 7) is 9.61. The zero-order valence-electron chi connectivity index (χ0n) is 10.4. The topological polar surface area (TPSA) is 18.5 Å². The van der Waals surface area contributed by atoms with E-state index in [0.29, 0.717) is 6.04 Å². The van der Waals surface area contributed by atoms with Crippen LogP contribution in [0.4, 0.5) is 0 Å². The molecule has 3 nitrogen and oxygen atoms in total. The Morgan fingerprint density at radius 3 is 2.76 bits per heavy atom. The summed E-state index contributed by atoms with van der Waals surface area (Å²) in [6.07, 6.45) is 0. The molecule has 0 spiro atoms. The molecule has 3 rings (SSSR count). The first-order valence-electron chi connectivity index (χ1n) is 6.55. The average Bonchev–Trinajstić information content (AvgIpc) is 2.81. The molecular weight excluding hydrogens is 230 g/mol. The molecule has 1 unspecified atom stereocenters. The van der Waals surface area contributed by atoms with E-state index in [9.17, 15) is 0 Å². The number of nitrogens with zero attached hydrogens (tertiary/aromatic N) is 2. The Balaban J connectivity index is 1.50. The van der Waals surface area contributed by atoms with Crippen LogP contribution < -0.4 is 5.32 Å². The summed E-state index contributed by atoms with van der Waals surface area (Å²) in [7, 11) is 0. The molecule has 2 aliphatic rings. The third-order valence-corrected chi connectivity index (χ3v) is 4.83. The van der Waals surface area contributed by atoms with Crippen molar-refractivity contribution in [3.63, 3.8) is 0 Å². The first kappa shape index (κ1) is 11.7. The van der Waals surface area contributed by atoms with Crippen molar-refractivity contribution in [3.8, 4) is 0 Å². The number of piperazine rings is 1. The zero-order chi connectivity index (χ0) is 11.7. The molecule has 0 saturated carbocycles. The van der Waals surface area contributed by atoms with Gasteiger partial charge in [-0.3, -0.25) is 9.80 Å². The third-order valence-electron chi connectivity index (χ3n) is 4.13. The molecule has 1 atom stereocenters. The SMILES string of the molecule is CC(c1ccsc1)N1CC(N2CCNCC2)C1. The summed E-state index contributed by atoms with van der Waals surface area (Å²) in [5.74, 6) is 0. The molecule has 3 heterocycles. The normalized spacial score (nSPS) is 25.7. The van der Waals surface area contributed by atoms with Gasteiger partial charge in [0.15, 0.2) is 0 Å². The number of nitrogens with one attached hydrogen (secondary N) is 1. The van der Waals surface area contributed by atoms with Gasteiger partial charge in [0.25, 0.3) is 0 Å². The second-order valence-electron chi connectivity index (χ2n) is 5.13. The Bertz CT molecular complexity index is 340. The lowest BCUT2D eigenvalue weighted by atomic mass is 10.0. The highest BCUT2D eigenvalue weighted by Crippen LogP contribution is 2.28. The van der Waals surface area contributed by atoms with Crippen LogP contribution in [0.2, 0.25) is 0 Å². The molecule has 0 radical (unpaired) electrons. The van der Waals surface area contributed by atoms with E-state index < -0.39 is 0 Å². The number of hydrogen-bond donors (Lipinski definition) is 1. The number of rotatable bonds is 3. The Labute approximate surface area is 107 Å². The van der Waals surface area contributed by atoms with E-state index in [-0.39, 0.29) is 0 Å². The highest BCUT2D eigenvalue weighted by molar-refractivity contribution is 7.07. The maximum Gasteiger partial charge on any atom is 0.0351 e. The summed E-state index contributed by atoms with van der Waals surface area (Å²) in [5.41, 5.74) is 1.48. The maximum atomic E-state index is 3.42. The number of thiophene rings is 1. The molecule has 2 aliphatic heterocycles. The van der Waals surface area contributed by atoms with Gasteiger partial charge in [-0.1, -0.05) is 0 Å². The van der Waals surface area contributed by atoms with E-state index in [1.807, 2.05) is 0 Å². The third kappa shape index (κ3) is 2.40. The molecule has 0 amide bonds. The van der Waals surface area contributed by atoms with Crippen molar-refractivity contribution in [2.24, 2.45) is 0 Å². The fourth-order valence-electron chi connectivity index (χ4n) is 2.81. The van der Waals surface area contributed by atoms with Crippen molar-refractivity contribution in [1.82, 2.24) is 15.1 Å². The predicted octanol–water partition coefficient (Wildman–Crippen LogP) is 1.40. The second-order valence-corrected chi connectivity index (χ2v) is 5.91. The summed E-state index contributed by atoms with van der Waals surface area (Å²) in [4.78, 5) is 5.24. The minimum absolute atomic E-state index is 0.598. The van der Waals surface area contributed by atoms with Gasteiger partial charge in [0.1, 0.15) is 0 Å². The van der Waals surface area contributed by atoms with Crippen LogP contribution in [0.1, 0.15) is 18.5 Å². The molecule has 94 valence electrons. The van der Waals surface area contributed by atoms with Crippen LogP contribution in [-0.4, -0.2) is 55.1 Å². The fraction of sp³-hybridized carbons (Fsp3) is 0.692. The van der Waals surface area contributed by atoms with Gasteiger partial charge in [0, 0.05) is 51.4 Å². The lowest BCUT2D eigenvalue weighted by Gasteiger charge is -2.49. The summed E-state index contributed by atoms with van der Waals surface area (Å²) in [5, 5.41) is 7.88. The standard InChI is InChI=1S/C13H21N3S/c1-11(12-2-7-17-10-12)16-8-13(9-16)15-5-3-14-4-6-15/h2,7,10-11,13-14H,3-6,8-9H2,1H3. The Hall–Kier alpha value is -0.420. The van der Waals surface area contributed by atoms with Crippen molar-refractivity contribution >= 4 is 11.3 Å². The Morgan fingerprint density at radius 1 is 1.35 bits per heavy atom. The Morgan fingerprint density at radius 2 is 2.12 bits per heavy atom. The van der Waals surface area contributed by atoms with Gasteiger partial charge in [-0.05, 0) is 29.3 Å². The van der Waals surface area contributed by atoms with Crippen molar-refractivity contribution in [3.05, 3.63) is 22.4 Å². The maximum absolute atomic E-state index is 3.42. The zero-order valence-corrected chi connectivity index (χ0v) is 11.2. The molecule has 2 saturated heterocycles. The smallest absolute Gasteiger partial charge is 0.0351 e. The van der Waals surface area contributed by atoms with Crippen LogP contribution in [0.15, 0.2) is 16.8 Å². The fourth-order valence-corrected chi connectivity index (χ4v) is 3.55. The molecule has 0 aliphatic carbocycles. The minimum atomic E-state index is 0.598. The lowest BCUT2D eigenvalue weighted by Crippen LogP contribution is -2.62. The van der Waals surface area contributed by atoms with E-state index in [1.165, 1.54) is 31.7 Å². The first-order chi connectivity index (χ1) is 8.34. The van der Waals surface area contributed by atoms with Crippen LogP contribution in [-0.2, 0) is 0 Å². The summed E-state index contributed by atoms with van der Waals surface area (Å²) >= 11 is 1.80. The average molecular weight is 251 g/mol. The highest BCUT2D eigenvalue weighted by Gasteiger charge is 2.35. The van der Waals surface area contributed by atoms with E-state index in [4.69, 9.17) is 0 Å². The second kappa shape index (κ2) is 5.06. The molecular formula is C13H21N3S. The molecule has 17 heavy (non-hydrogen) atoms. The van der Waals surface area contributed by atoms with Crippen LogP contribution in [0.5, 0.6) is 0 Å². The summed E-state index contributed by atoms with van der Waals surface area (Å²) < 4.78 is 0. The van der Waals surface area contributed by atoms with E-state index in [2.05, 4.69) is 38.9 Å². The van der Waals surface area contributed by atoms with Gasteiger partial charge < -0.3 is 5.32 Å². The van der Waals surface area contributed by atoms with E-state index >= 15 is 0 Å².